The SMILES string of the molecule is Cc1cc(-c2cc(C(F)F)c(OCC(N)CC(C)C)cn2)ccn1. The number of ether oxygens (including phenoxy) is 1. The molecule has 2 heterocycles. The lowest BCUT2D eigenvalue weighted by Crippen LogP contribution is -2.29. The van der Waals surface area contributed by atoms with Gasteiger partial charge in [0.2, 0.25) is 0 Å². The van der Waals surface area contributed by atoms with E-state index >= 15 is 0 Å². The summed E-state index contributed by atoms with van der Waals surface area (Å²) in [5.74, 6) is 0.507. The molecule has 0 aliphatic heterocycles. The summed E-state index contributed by atoms with van der Waals surface area (Å²) in [5.41, 5.74) is 7.78. The van der Waals surface area contributed by atoms with Gasteiger partial charge in [-0.2, -0.15) is 0 Å². The molecule has 1 unspecified atom stereocenters. The zero-order valence-corrected chi connectivity index (χ0v) is 14.2. The molecule has 2 rings (SSSR count). The number of hydrogen-bond donors (Lipinski definition) is 1. The summed E-state index contributed by atoms with van der Waals surface area (Å²) in [5, 5.41) is 0. The second-order valence-electron chi connectivity index (χ2n) is 6.29. The molecule has 0 saturated heterocycles. The largest absolute Gasteiger partial charge is 0.490 e. The van der Waals surface area contributed by atoms with Crippen molar-refractivity contribution in [3.63, 3.8) is 0 Å². The van der Waals surface area contributed by atoms with Crippen molar-refractivity contribution < 1.29 is 13.5 Å². The molecule has 1 atom stereocenters. The highest BCUT2D eigenvalue weighted by Crippen LogP contribution is 2.32. The van der Waals surface area contributed by atoms with Gasteiger partial charge < -0.3 is 10.5 Å². The molecule has 0 aliphatic rings. The first-order valence-corrected chi connectivity index (χ1v) is 7.96. The molecule has 130 valence electrons. The normalized spacial score (nSPS) is 12.7. The van der Waals surface area contributed by atoms with E-state index in [0.29, 0.717) is 11.6 Å². The maximum absolute atomic E-state index is 13.4. The average Bonchev–Trinajstić information content (AvgIpc) is 2.52. The molecule has 0 aromatic carbocycles. The molecule has 24 heavy (non-hydrogen) atoms. The fraction of sp³-hybridized carbons (Fsp3) is 0.444. The van der Waals surface area contributed by atoms with Crippen LogP contribution in [0.15, 0.2) is 30.6 Å². The van der Waals surface area contributed by atoms with Gasteiger partial charge in [0, 0.05) is 23.5 Å². The van der Waals surface area contributed by atoms with Gasteiger partial charge in [0.15, 0.2) is 0 Å². The van der Waals surface area contributed by atoms with Crippen LogP contribution in [0.4, 0.5) is 8.78 Å². The number of aryl methyl sites for hydroxylation is 1. The zero-order valence-electron chi connectivity index (χ0n) is 14.2. The van der Waals surface area contributed by atoms with Gasteiger partial charge in [-0.1, -0.05) is 13.8 Å². The Bertz CT molecular complexity index is 677. The van der Waals surface area contributed by atoms with Gasteiger partial charge in [-0.25, -0.2) is 8.78 Å². The van der Waals surface area contributed by atoms with Crippen molar-refractivity contribution in [2.24, 2.45) is 11.7 Å². The molecule has 0 fully saturated rings. The lowest BCUT2D eigenvalue weighted by Gasteiger charge is -2.17. The summed E-state index contributed by atoms with van der Waals surface area (Å²) < 4.78 is 32.3. The first kappa shape index (κ1) is 18.3. The van der Waals surface area contributed by atoms with Crippen molar-refractivity contribution >= 4 is 0 Å². The Hall–Kier alpha value is -2.08. The Morgan fingerprint density at radius 1 is 1.21 bits per heavy atom. The predicted molar refractivity (Wildman–Crippen MR) is 90.1 cm³/mol. The minimum absolute atomic E-state index is 0.0822. The molecule has 6 heteroatoms. The Morgan fingerprint density at radius 3 is 2.58 bits per heavy atom. The summed E-state index contributed by atoms with van der Waals surface area (Å²) in [7, 11) is 0. The van der Waals surface area contributed by atoms with Crippen LogP contribution >= 0.6 is 0 Å². The van der Waals surface area contributed by atoms with Crippen molar-refractivity contribution in [3.05, 3.63) is 41.9 Å². The van der Waals surface area contributed by atoms with E-state index in [0.717, 1.165) is 17.7 Å². The van der Waals surface area contributed by atoms with Gasteiger partial charge in [0.25, 0.3) is 6.43 Å². The number of aromatic nitrogens is 2. The summed E-state index contributed by atoms with van der Waals surface area (Å²) in [4.78, 5) is 8.34. The number of nitrogens with zero attached hydrogens (tertiary/aromatic N) is 2. The van der Waals surface area contributed by atoms with E-state index in [1.54, 1.807) is 18.3 Å². The number of pyridine rings is 2. The van der Waals surface area contributed by atoms with Crippen molar-refractivity contribution in [1.29, 1.82) is 0 Å². The highest BCUT2D eigenvalue weighted by molar-refractivity contribution is 5.61. The molecule has 2 aromatic heterocycles. The molecule has 0 amide bonds. The van der Waals surface area contributed by atoms with E-state index in [1.165, 1.54) is 12.3 Å². The molecular weight excluding hydrogens is 312 g/mol. The molecule has 2 aromatic rings. The van der Waals surface area contributed by atoms with E-state index in [-0.39, 0.29) is 24.0 Å². The highest BCUT2D eigenvalue weighted by atomic mass is 19.3. The first-order chi connectivity index (χ1) is 11.4. The van der Waals surface area contributed by atoms with Crippen LogP contribution in [0.2, 0.25) is 0 Å². The van der Waals surface area contributed by atoms with Crippen LogP contribution in [0.1, 0.15) is 38.0 Å². The molecule has 0 radical (unpaired) electrons. The zero-order chi connectivity index (χ0) is 17.7. The van der Waals surface area contributed by atoms with E-state index in [9.17, 15) is 8.78 Å². The van der Waals surface area contributed by atoms with Gasteiger partial charge in [-0.15, -0.1) is 0 Å². The van der Waals surface area contributed by atoms with E-state index in [2.05, 4.69) is 23.8 Å². The summed E-state index contributed by atoms with van der Waals surface area (Å²) in [6.45, 7) is 6.13. The van der Waals surface area contributed by atoms with Crippen LogP contribution in [-0.4, -0.2) is 22.6 Å². The van der Waals surface area contributed by atoms with Crippen LogP contribution in [0.3, 0.4) is 0 Å². The van der Waals surface area contributed by atoms with Crippen LogP contribution in [-0.2, 0) is 0 Å². The number of halogens is 2. The lowest BCUT2D eigenvalue weighted by atomic mass is 10.1. The van der Waals surface area contributed by atoms with Crippen LogP contribution < -0.4 is 10.5 Å². The number of nitrogens with two attached hydrogens (primary N) is 1. The van der Waals surface area contributed by atoms with Crippen molar-refractivity contribution in [2.75, 3.05) is 6.61 Å². The molecule has 0 aliphatic carbocycles. The van der Waals surface area contributed by atoms with Crippen molar-refractivity contribution in [3.8, 4) is 17.0 Å². The minimum Gasteiger partial charge on any atom is -0.490 e. The Balaban J connectivity index is 2.21. The first-order valence-electron chi connectivity index (χ1n) is 7.96. The molecule has 2 N–H and O–H groups in total. The molecular formula is C18H23F2N3O. The lowest BCUT2D eigenvalue weighted by molar-refractivity contribution is 0.143. The molecule has 0 saturated carbocycles. The smallest absolute Gasteiger partial charge is 0.267 e. The van der Waals surface area contributed by atoms with Gasteiger partial charge >= 0.3 is 0 Å². The topological polar surface area (TPSA) is 61.0 Å². The van der Waals surface area contributed by atoms with Gasteiger partial charge in [0.1, 0.15) is 12.4 Å². The second kappa shape index (κ2) is 8.15. The Morgan fingerprint density at radius 2 is 1.96 bits per heavy atom. The van der Waals surface area contributed by atoms with Gasteiger partial charge in [-0.3, -0.25) is 9.97 Å². The van der Waals surface area contributed by atoms with Crippen molar-refractivity contribution in [1.82, 2.24) is 9.97 Å². The third kappa shape index (κ3) is 4.96. The Kier molecular flexibility index (Phi) is 6.20. The highest BCUT2D eigenvalue weighted by Gasteiger charge is 2.18. The molecule has 0 spiro atoms. The number of hydrogen-bond acceptors (Lipinski definition) is 4. The quantitative estimate of drug-likeness (QED) is 0.826. The third-order valence-corrected chi connectivity index (χ3v) is 3.55. The average molecular weight is 335 g/mol. The fourth-order valence-corrected chi connectivity index (χ4v) is 2.48. The standard InChI is InChI=1S/C18H23F2N3O/c1-11(2)6-14(21)10-24-17-9-23-16(8-15(17)18(19)20)13-4-5-22-12(3)7-13/h4-5,7-9,11,14,18H,6,10,21H2,1-3H3. The summed E-state index contributed by atoms with van der Waals surface area (Å²) in [6.07, 6.45) is 1.09. The maximum Gasteiger partial charge on any atom is 0.267 e. The molecule has 4 nitrogen and oxygen atoms in total. The van der Waals surface area contributed by atoms with Crippen LogP contribution in [0.25, 0.3) is 11.3 Å². The Labute approximate surface area is 141 Å². The van der Waals surface area contributed by atoms with Gasteiger partial charge in [-0.05, 0) is 37.5 Å². The predicted octanol–water partition coefficient (Wildman–Crippen LogP) is 4.14. The number of rotatable bonds is 7. The fourth-order valence-electron chi connectivity index (χ4n) is 2.48. The molecule has 0 bridgehead atoms. The summed E-state index contributed by atoms with van der Waals surface area (Å²) >= 11 is 0. The summed E-state index contributed by atoms with van der Waals surface area (Å²) in [6, 6.07) is 4.71. The number of alkyl halides is 2. The van der Waals surface area contributed by atoms with E-state index in [4.69, 9.17) is 10.5 Å². The monoisotopic (exact) mass is 335 g/mol. The van der Waals surface area contributed by atoms with Gasteiger partial charge in [0.05, 0.1) is 17.5 Å². The van der Waals surface area contributed by atoms with E-state index < -0.39 is 6.43 Å². The second-order valence-corrected chi connectivity index (χ2v) is 6.29. The van der Waals surface area contributed by atoms with Crippen LogP contribution in [0, 0.1) is 12.8 Å². The van der Waals surface area contributed by atoms with E-state index in [1.807, 2.05) is 6.92 Å². The minimum atomic E-state index is -2.65. The third-order valence-electron chi connectivity index (χ3n) is 3.55. The van der Waals surface area contributed by atoms with Crippen LogP contribution in [0.5, 0.6) is 5.75 Å². The van der Waals surface area contributed by atoms with Crippen molar-refractivity contribution in [2.45, 2.75) is 39.7 Å². The maximum atomic E-state index is 13.4.